The van der Waals surface area contributed by atoms with Crippen LogP contribution >= 0.6 is 0 Å². The van der Waals surface area contributed by atoms with Crippen LogP contribution in [-0.4, -0.2) is 79.3 Å². The van der Waals surface area contributed by atoms with E-state index >= 15 is 4.39 Å². The van der Waals surface area contributed by atoms with Gasteiger partial charge in [0.1, 0.15) is 35.3 Å². The van der Waals surface area contributed by atoms with Crippen molar-refractivity contribution < 1.29 is 8.78 Å². The minimum absolute atomic E-state index is 0.0110. The maximum absolute atomic E-state index is 15.9. The highest BCUT2D eigenvalue weighted by molar-refractivity contribution is 5.64. The molecule has 2 fully saturated rings. The van der Waals surface area contributed by atoms with E-state index in [-0.39, 0.29) is 29.3 Å². The first-order valence-corrected chi connectivity index (χ1v) is 19.1. The van der Waals surface area contributed by atoms with Crippen LogP contribution in [0, 0.1) is 5.92 Å². The molecule has 12 heteroatoms. The molecule has 0 radical (unpaired) electrons. The number of aromatic nitrogens is 6. The van der Waals surface area contributed by atoms with Crippen LogP contribution in [0.3, 0.4) is 0 Å². The molecule has 2 saturated heterocycles. The second-order valence-electron chi connectivity index (χ2n) is 16.6. The molecule has 8 heterocycles. The Labute approximate surface area is 315 Å². The van der Waals surface area contributed by atoms with E-state index in [9.17, 15) is 4.39 Å². The topological polar surface area (TPSA) is 108 Å². The smallest absolute Gasteiger partial charge is 0.137 e. The average molecular weight is 733 g/mol. The van der Waals surface area contributed by atoms with Gasteiger partial charge in [0.05, 0.1) is 47.3 Å². The molecule has 4 N–H and O–H groups in total. The fraction of sp³-hybridized carbons (Fsp3) is 0.429. The van der Waals surface area contributed by atoms with Gasteiger partial charge in [-0.2, -0.15) is 0 Å². The highest BCUT2D eigenvalue weighted by Crippen LogP contribution is 2.36. The van der Waals surface area contributed by atoms with Crippen LogP contribution in [0.5, 0.6) is 0 Å². The van der Waals surface area contributed by atoms with Gasteiger partial charge < -0.3 is 21.3 Å². The van der Waals surface area contributed by atoms with Gasteiger partial charge in [0, 0.05) is 32.0 Å². The third-order valence-electron chi connectivity index (χ3n) is 11.2. The summed E-state index contributed by atoms with van der Waals surface area (Å²) in [6.07, 6.45) is 7.30. The fourth-order valence-corrected chi connectivity index (χ4v) is 7.98. The van der Waals surface area contributed by atoms with E-state index in [4.69, 9.17) is 9.97 Å². The number of fused-ring (bicyclic) bond motifs is 2. The van der Waals surface area contributed by atoms with Crippen molar-refractivity contribution >= 4 is 22.9 Å². The summed E-state index contributed by atoms with van der Waals surface area (Å²) in [5, 5.41) is 13.3. The number of halogens is 2. The number of hydrogen-bond acceptors (Lipinski definition) is 8. The number of nitrogens with one attached hydrogen (secondary N) is 4. The molecule has 54 heavy (non-hydrogen) atoms. The van der Waals surface area contributed by atoms with Crippen molar-refractivity contribution in [2.45, 2.75) is 82.7 Å². The number of pyridine rings is 4. The minimum Gasteiger partial charge on any atom is -0.364 e. The summed E-state index contributed by atoms with van der Waals surface area (Å²) < 4.78 is 34.6. The standard InChI is InChI=1S/C42H50F2N10/c1-41(2,3)27-12-14-38-47-22-34(53(38)24-27)33-9-7-11-37(51-33)52-40-26(19-46-21-30(40)44)18-42(4,5)28-13-15-39-48-23-35(54(39)25-28)32-8-6-10-36(50-32)49-31-16-17-45-20-29(31)43/h6-15,22-26,29-31,40,45-46H,16-21H2,1-5H3,(H,49,50)(H,51,52)/t26?,29?,30-,31?,40-/m0/s1. The maximum atomic E-state index is 15.9. The maximum Gasteiger partial charge on any atom is 0.137 e. The van der Waals surface area contributed by atoms with Crippen molar-refractivity contribution in [3.63, 3.8) is 0 Å². The number of anilines is 2. The Morgan fingerprint density at radius 1 is 0.704 bits per heavy atom. The molecule has 6 aromatic heterocycles. The first-order valence-electron chi connectivity index (χ1n) is 19.1. The highest BCUT2D eigenvalue weighted by atomic mass is 19.1. The molecule has 2 aliphatic heterocycles. The molecule has 0 bridgehead atoms. The van der Waals surface area contributed by atoms with Gasteiger partial charge in [-0.25, -0.2) is 28.7 Å². The summed E-state index contributed by atoms with van der Waals surface area (Å²) in [5.41, 5.74) is 6.93. The predicted molar refractivity (Wildman–Crippen MR) is 212 cm³/mol. The molecule has 282 valence electrons. The van der Waals surface area contributed by atoms with Gasteiger partial charge in [0.25, 0.3) is 0 Å². The SMILES string of the molecule is CC(C)(C)c1ccc2ncc(-c3cccc(N[C@H]4C(CC(C)(C)c5ccc6ncc(-c7cccc(NC8CCNCC8F)n7)n6c5)CNC[C@@H]4F)n3)n2c1. The lowest BCUT2D eigenvalue weighted by Crippen LogP contribution is -2.53. The second kappa shape index (κ2) is 14.4. The van der Waals surface area contributed by atoms with Crippen LogP contribution in [0.4, 0.5) is 20.4 Å². The molecule has 0 spiro atoms. The molecule has 8 rings (SSSR count). The van der Waals surface area contributed by atoms with Gasteiger partial charge in [-0.3, -0.25) is 8.80 Å². The molecule has 0 aromatic carbocycles. The summed E-state index contributed by atoms with van der Waals surface area (Å²) in [7, 11) is 0. The lowest BCUT2D eigenvalue weighted by Gasteiger charge is -2.40. The summed E-state index contributed by atoms with van der Waals surface area (Å²) in [6.45, 7) is 13.1. The van der Waals surface area contributed by atoms with Gasteiger partial charge in [-0.15, -0.1) is 0 Å². The van der Waals surface area contributed by atoms with Gasteiger partial charge >= 0.3 is 0 Å². The summed E-state index contributed by atoms with van der Waals surface area (Å²) in [6, 6.07) is 19.2. The Kier molecular flexibility index (Phi) is 9.60. The third-order valence-corrected chi connectivity index (χ3v) is 11.2. The van der Waals surface area contributed by atoms with E-state index in [0.717, 1.165) is 52.6 Å². The van der Waals surface area contributed by atoms with E-state index in [1.165, 1.54) is 5.56 Å². The summed E-state index contributed by atoms with van der Waals surface area (Å²) in [5.74, 6) is 1.27. The van der Waals surface area contributed by atoms with E-state index in [2.05, 4.69) is 99.2 Å². The fourth-order valence-electron chi connectivity index (χ4n) is 7.98. The van der Waals surface area contributed by atoms with Crippen LogP contribution < -0.4 is 21.3 Å². The van der Waals surface area contributed by atoms with Gasteiger partial charge in [0.2, 0.25) is 0 Å². The van der Waals surface area contributed by atoms with Crippen LogP contribution in [-0.2, 0) is 10.8 Å². The molecular formula is C42H50F2N10. The van der Waals surface area contributed by atoms with Crippen molar-refractivity contribution in [1.29, 1.82) is 0 Å². The Morgan fingerprint density at radius 3 is 1.93 bits per heavy atom. The highest BCUT2D eigenvalue weighted by Gasteiger charge is 2.38. The Morgan fingerprint density at radius 2 is 1.30 bits per heavy atom. The van der Waals surface area contributed by atoms with Crippen molar-refractivity contribution in [2.75, 3.05) is 36.8 Å². The zero-order valence-corrected chi connectivity index (χ0v) is 31.7. The zero-order valence-electron chi connectivity index (χ0n) is 31.7. The van der Waals surface area contributed by atoms with Crippen LogP contribution in [0.25, 0.3) is 34.1 Å². The lowest BCUT2D eigenvalue weighted by atomic mass is 9.74. The van der Waals surface area contributed by atoms with E-state index in [1.807, 2.05) is 60.9 Å². The predicted octanol–water partition coefficient (Wildman–Crippen LogP) is 7.22. The van der Waals surface area contributed by atoms with Gasteiger partial charge in [-0.05, 0) is 83.7 Å². The van der Waals surface area contributed by atoms with Crippen molar-refractivity contribution in [3.8, 4) is 22.8 Å². The molecule has 5 atom stereocenters. The number of imidazole rings is 2. The number of hydrogen-bond donors (Lipinski definition) is 4. The van der Waals surface area contributed by atoms with E-state index < -0.39 is 18.4 Å². The molecule has 0 saturated carbocycles. The largest absolute Gasteiger partial charge is 0.364 e. The zero-order chi connectivity index (χ0) is 37.6. The molecule has 3 unspecified atom stereocenters. The number of rotatable bonds is 9. The number of piperidine rings is 2. The molecule has 6 aromatic rings. The van der Waals surface area contributed by atoms with Crippen molar-refractivity contribution in [3.05, 3.63) is 96.6 Å². The molecule has 2 aliphatic rings. The normalized spacial score (nSPS) is 22.5. The minimum atomic E-state index is -1.10. The number of nitrogens with zero attached hydrogens (tertiary/aromatic N) is 6. The van der Waals surface area contributed by atoms with Crippen LogP contribution in [0.15, 0.2) is 85.5 Å². The number of alkyl halides is 2. The Hall–Kier alpha value is -4.94. The quantitative estimate of drug-likeness (QED) is 0.124. The third kappa shape index (κ3) is 7.29. The molecule has 0 aliphatic carbocycles. The first-order chi connectivity index (χ1) is 25.9. The van der Waals surface area contributed by atoms with Gasteiger partial charge in [0.15, 0.2) is 0 Å². The monoisotopic (exact) mass is 732 g/mol. The average Bonchev–Trinajstić information content (AvgIpc) is 3.78. The van der Waals surface area contributed by atoms with Gasteiger partial charge in [-0.1, -0.05) is 58.9 Å². The summed E-state index contributed by atoms with van der Waals surface area (Å²) >= 11 is 0. The van der Waals surface area contributed by atoms with Crippen molar-refractivity contribution in [2.24, 2.45) is 5.92 Å². The molecular weight excluding hydrogens is 683 g/mol. The van der Waals surface area contributed by atoms with E-state index in [1.54, 1.807) is 0 Å². The second-order valence-corrected chi connectivity index (χ2v) is 16.6. The van der Waals surface area contributed by atoms with Crippen molar-refractivity contribution in [1.82, 2.24) is 39.4 Å². The molecule has 10 nitrogen and oxygen atoms in total. The Balaban J connectivity index is 1.02. The van der Waals surface area contributed by atoms with Crippen LogP contribution in [0.1, 0.15) is 58.6 Å². The molecule has 0 amide bonds. The first kappa shape index (κ1) is 36.1. The summed E-state index contributed by atoms with van der Waals surface area (Å²) in [4.78, 5) is 19.1. The lowest BCUT2D eigenvalue weighted by molar-refractivity contribution is 0.168. The van der Waals surface area contributed by atoms with E-state index in [0.29, 0.717) is 31.1 Å². The Bertz CT molecular complexity index is 2260. The van der Waals surface area contributed by atoms with Crippen LogP contribution in [0.2, 0.25) is 0 Å².